The van der Waals surface area contributed by atoms with E-state index in [2.05, 4.69) is 25.2 Å². The molecule has 0 bridgehead atoms. The van der Waals surface area contributed by atoms with Crippen molar-refractivity contribution in [3.63, 3.8) is 0 Å². The van der Waals surface area contributed by atoms with Gasteiger partial charge in [0.15, 0.2) is 0 Å². The van der Waals surface area contributed by atoms with E-state index >= 15 is 0 Å². The van der Waals surface area contributed by atoms with Crippen molar-refractivity contribution in [2.75, 3.05) is 32.8 Å². The summed E-state index contributed by atoms with van der Waals surface area (Å²) in [6.45, 7) is 7.75. The summed E-state index contributed by atoms with van der Waals surface area (Å²) in [5.74, 6) is 0.0692. The van der Waals surface area contributed by atoms with Crippen LogP contribution >= 0.6 is 0 Å². The van der Waals surface area contributed by atoms with Gasteiger partial charge in [-0.25, -0.2) is 4.79 Å². The Morgan fingerprint density at radius 2 is 2.09 bits per heavy atom. The molecule has 23 heavy (non-hydrogen) atoms. The SMILES string of the molecule is CC(C)(CNC(=O)N1CCC(CC(N)=O)CC1)C1=CCOCC1. The van der Waals surface area contributed by atoms with E-state index in [1.54, 1.807) is 0 Å². The summed E-state index contributed by atoms with van der Waals surface area (Å²) < 4.78 is 5.35. The molecule has 0 aromatic rings. The second-order valence-corrected chi connectivity index (χ2v) is 7.20. The molecule has 3 amide bonds. The van der Waals surface area contributed by atoms with Crippen molar-refractivity contribution in [1.29, 1.82) is 0 Å². The number of rotatable bonds is 5. The quantitative estimate of drug-likeness (QED) is 0.755. The van der Waals surface area contributed by atoms with E-state index in [-0.39, 0.29) is 17.4 Å². The van der Waals surface area contributed by atoms with E-state index in [1.165, 1.54) is 5.57 Å². The van der Waals surface area contributed by atoms with Crippen LogP contribution in [0.25, 0.3) is 0 Å². The van der Waals surface area contributed by atoms with Crippen LogP contribution in [-0.2, 0) is 9.53 Å². The van der Waals surface area contributed by atoms with Gasteiger partial charge in [-0.15, -0.1) is 0 Å². The van der Waals surface area contributed by atoms with E-state index < -0.39 is 0 Å². The van der Waals surface area contributed by atoms with E-state index in [0.29, 0.717) is 38.6 Å². The number of likely N-dealkylation sites (tertiary alicyclic amines) is 1. The zero-order valence-electron chi connectivity index (χ0n) is 14.3. The zero-order valence-corrected chi connectivity index (χ0v) is 14.3. The van der Waals surface area contributed by atoms with E-state index in [1.807, 2.05) is 4.90 Å². The first-order chi connectivity index (χ1) is 10.9. The van der Waals surface area contributed by atoms with Crippen LogP contribution < -0.4 is 11.1 Å². The standard InChI is InChI=1S/C17H29N3O3/c1-17(2,14-5-9-23-10-6-14)12-19-16(22)20-7-3-13(4-8-20)11-15(18)21/h5,13H,3-4,6-12H2,1-2H3,(H2,18,21)(H,19,22). The molecule has 6 nitrogen and oxygen atoms in total. The number of hydrogen-bond acceptors (Lipinski definition) is 3. The van der Waals surface area contributed by atoms with Crippen LogP contribution in [0.5, 0.6) is 0 Å². The third-order valence-electron chi connectivity index (χ3n) is 4.91. The minimum absolute atomic E-state index is 0.0109. The molecule has 2 rings (SSSR count). The molecule has 0 saturated carbocycles. The topological polar surface area (TPSA) is 84.7 Å². The fraction of sp³-hybridized carbons (Fsp3) is 0.765. The molecule has 0 atom stereocenters. The number of hydrogen-bond donors (Lipinski definition) is 2. The maximum atomic E-state index is 12.3. The molecular weight excluding hydrogens is 294 g/mol. The van der Waals surface area contributed by atoms with Crippen molar-refractivity contribution in [2.24, 2.45) is 17.1 Å². The largest absolute Gasteiger partial charge is 0.377 e. The van der Waals surface area contributed by atoms with Gasteiger partial charge < -0.3 is 20.7 Å². The lowest BCUT2D eigenvalue weighted by molar-refractivity contribution is -0.119. The number of nitrogens with two attached hydrogens (primary N) is 1. The normalized spacial score (nSPS) is 20.1. The molecule has 1 saturated heterocycles. The Hall–Kier alpha value is -1.56. The summed E-state index contributed by atoms with van der Waals surface area (Å²) in [7, 11) is 0. The molecule has 0 aromatic carbocycles. The molecule has 2 heterocycles. The lowest BCUT2D eigenvalue weighted by atomic mass is 9.81. The second-order valence-electron chi connectivity index (χ2n) is 7.20. The van der Waals surface area contributed by atoms with Crippen molar-refractivity contribution in [2.45, 2.75) is 39.5 Å². The summed E-state index contributed by atoms with van der Waals surface area (Å²) >= 11 is 0. The van der Waals surface area contributed by atoms with Crippen molar-refractivity contribution in [3.05, 3.63) is 11.6 Å². The van der Waals surface area contributed by atoms with Crippen LogP contribution in [0.3, 0.4) is 0 Å². The predicted molar refractivity (Wildman–Crippen MR) is 88.8 cm³/mol. The number of carbonyl (C=O) groups excluding carboxylic acids is 2. The molecule has 0 radical (unpaired) electrons. The Bertz CT molecular complexity index is 466. The number of urea groups is 1. The molecule has 1 fully saturated rings. The Balaban J connectivity index is 1.77. The van der Waals surface area contributed by atoms with Gasteiger partial charge in [0, 0.05) is 31.5 Å². The highest BCUT2D eigenvalue weighted by molar-refractivity contribution is 5.75. The molecular formula is C17H29N3O3. The van der Waals surface area contributed by atoms with Gasteiger partial charge in [-0.05, 0) is 25.2 Å². The first-order valence-corrected chi connectivity index (χ1v) is 8.47. The fourth-order valence-electron chi connectivity index (χ4n) is 3.29. The summed E-state index contributed by atoms with van der Waals surface area (Å²) in [5, 5.41) is 3.06. The second kappa shape index (κ2) is 7.81. The Morgan fingerprint density at radius 3 is 2.65 bits per heavy atom. The average Bonchev–Trinajstić information content (AvgIpc) is 2.54. The monoisotopic (exact) mass is 323 g/mol. The number of amides is 3. The third-order valence-corrected chi connectivity index (χ3v) is 4.91. The molecule has 0 unspecified atom stereocenters. The van der Waals surface area contributed by atoms with Crippen LogP contribution in [-0.4, -0.2) is 49.7 Å². The third kappa shape index (κ3) is 5.23. The van der Waals surface area contributed by atoms with Crippen LogP contribution in [0.15, 0.2) is 11.6 Å². The smallest absolute Gasteiger partial charge is 0.317 e. The highest BCUT2D eigenvalue weighted by Crippen LogP contribution is 2.30. The molecule has 0 aromatic heterocycles. The Kier molecular flexibility index (Phi) is 6.04. The van der Waals surface area contributed by atoms with Gasteiger partial charge in [0.25, 0.3) is 0 Å². The summed E-state index contributed by atoms with van der Waals surface area (Å²) in [6.07, 6.45) is 5.19. The zero-order chi connectivity index (χ0) is 16.9. The van der Waals surface area contributed by atoms with Gasteiger partial charge in [0.05, 0.1) is 13.2 Å². The minimum atomic E-state index is -0.251. The van der Waals surface area contributed by atoms with Crippen molar-refractivity contribution < 1.29 is 14.3 Å². The van der Waals surface area contributed by atoms with E-state index in [9.17, 15) is 9.59 Å². The van der Waals surface area contributed by atoms with Crippen LogP contribution in [0.4, 0.5) is 4.79 Å². The number of primary amides is 1. The van der Waals surface area contributed by atoms with Crippen molar-refractivity contribution in [3.8, 4) is 0 Å². The number of nitrogens with zero attached hydrogens (tertiary/aromatic N) is 1. The van der Waals surface area contributed by atoms with Crippen LogP contribution in [0.2, 0.25) is 0 Å². The summed E-state index contributed by atoms with van der Waals surface area (Å²) in [4.78, 5) is 25.1. The van der Waals surface area contributed by atoms with E-state index in [0.717, 1.165) is 25.9 Å². The Labute approximate surface area is 138 Å². The maximum absolute atomic E-state index is 12.3. The van der Waals surface area contributed by atoms with Crippen LogP contribution in [0.1, 0.15) is 39.5 Å². The first-order valence-electron chi connectivity index (χ1n) is 8.47. The number of ether oxygens (including phenoxy) is 1. The van der Waals surface area contributed by atoms with Crippen molar-refractivity contribution in [1.82, 2.24) is 10.2 Å². The van der Waals surface area contributed by atoms with Gasteiger partial charge in [-0.2, -0.15) is 0 Å². The highest BCUT2D eigenvalue weighted by Gasteiger charge is 2.28. The van der Waals surface area contributed by atoms with Gasteiger partial charge >= 0.3 is 6.03 Å². The molecule has 2 aliphatic heterocycles. The summed E-state index contributed by atoms with van der Waals surface area (Å²) in [6, 6.07) is -0.0109. The lowest BCUT2D eigenvalue weighted by Gasteiger charge is -2.34. The van der Waals surface area contributed by atoms with E-state index in [4.69, 9.17) is 10.5 Å². The predicted octanol–water partition coefficient (Wildman–Crippen LogP) is 1.66. The fourth-order valence-corrected chi connectivity index (χ4v) is 3.29. The average molecular weight is 323 g/mol. The van der Waals surface area contributed by atoms with Gasteiger partial charge in [0.1, 0.15) is 0 Å². The molecule has 6 heteroatoms. The van der Waals surface area contributed by atoms with Gasteiger partial charge in [-0.3, -0.25) is 4.79 Å². The number of piperidine rings is 1. The first kappa shape index (κ1) is 17.8. The molecule has 130 valence electrons. The molecule has 0 spiro atoms. The molecule has 3 N–H and O–H groups in total. The highest BCUT2D eigenvalue weighted by atomic mass is 16.5. The molecule has 0 aliphatic carbocycles. The lowest BCUT2D eigenvalue weighted by Crippen LogP contribution is -2.47. The maximum Gasteiger partial charge on any atom is 0.317 e. The summed E-state index contributed by atoms with van der Waals surface area (Å²) in [5.41, 5.74) is 6.54. The minimum Gasteiger partial charge on any atom is -0.377 e. The van der Waals surface area contributed by atoms with Gasteiger partial charge in [0.2, 0.25) is 5.91 Å². The van der Waals surface area contributed by atoms with Crippen LogP contribution in [0, 0.1) is 11.3 Å². The number of nitrogens with one attached hydrogen (secondary N) is 1. The van der Waals surface area contributed by atoms with Gasteiger partial charge in [-0.1, -0.05) is 25.5 Å². The number of carbonyl (C=O) groups is 2. The molecule has 2 aliphatic rings. The van der Waals surface area contributed by atoms with Crippen molar-refractivity contribution >= 4 is 11.9 Å². The Morgan fingerprint density at radius 1 is 1.39 bits per heavy atom.